The molecule has 5 heteroatoms. The quantitative estimate of drug-likeness (QED) is 0.0923. The zero-order valence-corrected chi connectivity index (χ0v) is 37.5. The molecule has 2 aromatic heterocycles. The molecule has 3 aliphatic heterocycles. The van der Waals surface area contributed by atoms with Crippen molar-refractivity contribution in [2.24, 2.45) is 0 Å². The van der Waals surface area contributed by atoms with E-state index in [9.17, 15) is 0 Å². The number of pyridine rings is 1. The van der Waals surface area contributed by atoms with Gasteiger partial charge in [-0.3, -0.25) is 0 Å². The van der Waals surface area contributed by atoms with Crippen LogP contribution in [0.4, 0.5) is 17.1 Å². The first-order chi connectivity index (χ1) is 27.7. The van der Waals surface area contributed by atoms with Crippen molar-refractivity contribution in [3.63, 3.8) is 0 Å². The second-order valence-corrected chi connectivity index (χ2v) is 18.9. The summed E-state index contributed by atoms with van der Waals surface area (Å²) in [4.78, 5) is 5.03. The van der Waals surface area contributed by atoms with Gasteiger partial charge in [-0.25, -0.2) is 4.98 Å². The first-order valence-corrected chi connectivity index (χ1v) is 20.6. The Hall–Kier alpha value is -5.12. The summed E-state index contributed by atoms with van der Waals surface area (Å²) in [5.74, 6) is 0.897. The van der Waals surface area contributed by atoms with Crippen molar-refractivity contribution in [1.82, 2.24) is 18.5 Å². The number of rotatable bonds is 6. The number of hydrogen-bond donors (Lipinski definition) is 0. The number of nitrogens with zero attached hydrogens (tertiary/aromatic N) is 4. The van der Waals surface area contributed by atoms with Gasteiger partial charge in [-0.15, -0.1) is 34.2 Å². The molecule has 298 valence electrons. The van der Waals surface area contributed by atoms with Crippen molar-refractivity contribution < 1.29 is 21.1 Å². The third-order valence-electron chi connectivity index (χ3n) is 12.9. The summed E-state index contributed by atoms with van der Waals surface area (Å²) < 4.78 is 3.82. The van der Waals surface area contributed by atoms with Crippen LogP contribution in [0.1, 0.15) is 80.5 Å². The van der Waals surface area contributed by atoms with Gasteiger partial charge in [0.25, 0.3) is 0 Å². The van der Waals surface area contributed by atoms with E-state index in [1.165, 1.54) is 50.3 Å². The Balaban J connectivity index is 0.00000449. The van der Waals surface area contributed by atoms with Crippen molar-refractivity contribution in [2.45, 2.75) is 64.7 Å². The third kappa shape index (κ3) is 5.93. The Kier molecular flexibility index (Phi) is 9.14. The molecule has 8 aromatic rings. The fraction of sp³-hybridized carbons (Fsp3) is 0.222. The summed E-state index contributed by atoms with van der Waals surface area (Å²) >= 11 is 0. The maximum atomic E-state index is 5.03. The number of aryl methyl sites for hydroxylation is 1. The van der Waals surface area contributed by atoms with Crippen LogP contribution in [0.5, 0.6) is 0 Å². The molecule has 0 aliphatic carbocycles. The molecule has 5 heterocycles. The molecule has 0 spiro atoms. The summed E-state index contributed by atoms with van der Waals surface area (Å²) in [5, 5.41) is 2.34. The van der Waals surface area contributed by atoms with Crippen LogP contribution in [0.3, 0.4) is 0 Å². The van der Waals surface area contributed by atoms with Gasteiger partial charge in [-0.1, -0.05) is 132 Å². The van der Waals surface area contributed by atoms with Gasteiger partial charge in [0, 0.05) is 56.0 Å². The van der Waals surface area contributed by atoms with Crippen LogP contribution in [-0.4, -0.2) is 23.3 Å². The maximum absolute atomic E-state index is 5.03. The minimum Gasteiger partial charge on any atom is -0.325 e. The summed E-state index contributed by atoms with van der Waals surface area (Å²) in [6, 6.07) is 60.0. The SMILES string of the molecule is Cc1ccc2c(c1)[N@@+]1(C)[CH-][N@+]2(c2[c-]c(C(c3[c-]c4c(cc3)c3ccccc3n4-c3cc(C(C)(C)C)ccn3)(c3ccccc3)c3ccccc3)cc(C(C)(C)C)c2)C1.[Pt]. The molecule has 4 nitrogen and oxygen atoms in total. The molecule has 0 unspecified atom stereocenters. The van der Waals surface area contributed by atoms with Gasteiger partial charge in [0.1, 0.15) is 5.82 Å². The van der Waals surface area contributed by atoms with E-state index in [1.54, 1.807) is 0 Å². The Bertz CT molecular complexity index is 2850. The van der Waals surface area contributed by atoms with E-state index in [1.807, 2.05) is 6.20 Å². The fourth-order valence-corrected chi connectivity index (χ4v) is 9.87. The Labute approximate surface area is 364 Å². The average molecular weight is 951 g/mol. The van der Waals surface area contributed by atoms with Crippen molar-refractivity contribution in [3.05, 3.63) is 203 Å². The molecule has 2 atom stereocenters. The van der Waals surface area contributed by atoms with E-state index in [-0.39, 0.29) is 31.9 Å². The summed E-state index contributed by atoms with van der Waals surface area (Å²) in [7, 11) is 2.34. The molecular formula is C54H51N4Pt-. The molecule has 0 saturated carbocycles. The van der Waals surface area contributed by atoms with E-state index in [4.69, 9.17) is 4.98 Å². The van der Waals surface area contributed by atoms with Crippen LogP contribution in [-0.2, 0) is 37.3 Å². The molecule has 2 bridgehead atoms. The second kappa shape index (κ2) is 13.7. The molecule has 59 heavy (non-hydrogen) atoms. The number of benzene rings is 6. The van der Waals surface area contributed by atoms with E-state index in [0.29, 0.717) is 4.48 Å². The van der Waals surface area contributed by atoms with Crippen LogP contribution in [0.25, 0.3) is 27.6 Å². The molecule has 3 aliphatic rings. The van der Waals surface area contributed by atoms with Crippen molar-refractivity contribution >= 4 is 38.9 Å². The fourth-order valence-electron chi connectivity index (χ4n) is 9.87. The standard InChI is InChI=1S/C54H51N4.Pt/c1-37-23-26-49-50(29-37)57(8)35-58(49,36-57)44-31-42(53(5,6)7)30-43(32-44)54(38-17-11-9-12-18-38,39-19-13-10-14-20-39)41-24-25-46-45-21-15-16-22-47(45)56(48(46)33-41)51-34-40(27-28-55-51)52(2,3)4;/h9-31,34-35H,36H2,1-8H3;/q-1;/t57-,58+;/m0./s1. The van der Waals surface area contributed by atoms with Crippen molar-refractivity contribution in [1.29, 1.82) is 0 Å². The Morgan fingerprint density at radius 3 is 1.92 bits per heavy atom. The molecule has 1 fully saturated rings. The molecule has 0 amide bonds. The number of hydrogen-bond acceptors (Lipinski definition) is 1. The van der Waals surface area contributed by atoms with Crippen LogP contribution >= 0.6 is 0 Å². The average Bonchev–Trinajstić information content (AvgIpc) is 3.76. The summed E-state index contributed by atoms with van der Waals surface area (Å²) in [6.07, 6.45) is 1.95. The van der Waals surface area contributed by atoms with Crippen molar-refractivity contribution in [2.75, 3.05) is 13.7 Å². The minimum atomic E-state index is -0.772. The molecule has 0 N–H and O–H groups in total. The van der Waals surface area contributed by atoms with Crippen LogP contribution in [0.15, 0.2) is 146 Å². The first kappa shape index (κ1) is 39.3. The zero-order valence-electron chi connectivity index (χ0n) is 35.2. The first-order valence-electron chi connectivity index (χ1n) is 20.6. The summed E-state index contributed by atoms with van der Waals surface area (Å²) in [6.45, 7) is 19.4. The number of quaternary nitrogens is 2. The molecular weight excluding hydrogens is 900 g/mol. The van der Waals surface area contributed by atoms with E-state index in [2.05, 4.69) is 218 Å². The van der Waals surface area contributed by atoms with Gasteiger partial charge in [0.05, 0.1) is 13.7 Å². The van der Waals surface area contributed by atoms with Gasteiger partial charge in [0.2, 0.25) is 0 Å². The number of aromatic nitrogens is 2. The third-order valence-corrected chi connectivity index (χ3v) is 12.9. The maximum Gasteiger partial charge on any atom is 0.179 e. The van der Waals surface area contributed by atoms with Crippen LogP contribution in [0, 0.1) is 25.7 Å². The van der Waals surface area contributed by atoms with E-state index in [0.717, 1.165) is 44.5 Å². The minimum absolute atomic E-state index is 0. The zero-order chi connectivity index (χ0) is 40.2. The summed E-state index contributed by atoms with van der Waals surface area (Å²) in [5.41, 5.74) is 13.4. The van der Waals surface area contributed by atoms with Gasteiger partial charge >= 0.3 is 0 Å². The van der Waals surface area contributed by atoms with Crippen molar-refractivity contribution in [3.8, 4) is 5.82 Å². The van der Waals surface area contributed by atoms with E-state index < -0.39 is 5.41 Å². The predicted molar refractivity (Wildman–Crippen MR) is 241 cm³/mol. The predicted octanol–water partition coefficient (Wildman–Crippen LogP) is 12.7. The normalized spacial score (nSPS) is 18.7. The van der Waals surface area contributed by atoms with Crippen LogP contribution in [0.2, 0.25) is 0 Å². The second-order valence-electron chi connectivity index (χ2n) is 18.9. The Morgan fingerprint density at radius 1 is 0.610 bits per heavy atom. The molecule has 0 radical (unpaired) electrons. The van der Waals surface area contributed by atoms with Gasteiger partial charge in [0.15, 0.2) is 18.0 Å². The largest absolute Gasteiger partial charge is 0.325 e. The molecule has 1 saturated heterocycles. The Morgan fingerprint density at radius 2 is 1.25 bits per heavy atom. The monoisotopic (exact) mass is 950 g/mol. The number of fused-ring (bicyclic) bond motifs is 3. The van der Waals surface area contributed by atoms with Crippen LogP contribution < -0.4 is 8.97 Å². The topological polar surface area (TPSA) is 17.8 Å². The smallest absolute Gasteiger partial charge is 0.179 e. The van der Waals surface area contributed by atoms with E-state index >= 15 is 0 Å². The molecule has 6 aromatic carbocycles. The number of para-hydroxylation sites is 1. The molecule has 11 rings (SSSR count). The van der Waals surface area contributed by atoms with Gasteiger partial charge in [-0.05, 0) is 63.6 Å². The van der Waals surface area contributed by atoms with Gasteiger partial charge < -0.3 is 13.5 Å². The van der Waals surface area contributed by atoms with Gasteiger partial charge in [-0.2, -0.15) is 24.3 Å².